The second kappa shape index (κ2) is 8.17. The maximum Gasteiger partial charge on any atom is 0.306 e. The lowest BCUT2D eigenvalue weighted by atomic mass is 10.1. The molecule has 1 aromatic carbocycles. The van der Waals surface area contributed by atoms with Crippen LogP contribution in [0.1, 0.15) is 17.5 Å². The van der Waals surface area contributed by atoms with Gasteiger partial charge in [0.05, 0.1) is 7.11 Å². The average molecular weight is 314 g/mol. The minimum Gasteiger partial charge on any atom is -0.497 e. The first kappa shape index (κ1) is 16.8. The van der Waals surface area contributed by atoms with E-state index in [0.29, 0.717) is 12.8 Å². The van der Waals surface area contributed by atoms with Crippen molar-refractivity contribution in [2.75, 3.05) is 26.1 Å². The summed E-state index contributed by atoms with van der Waals surface area (Å²) in [5, 5.41) is 0. The van der Waals surface area contributed by atoms with E-state index in [4.69, 9.17) is 9.47 Å². The van der Waals surface area contributed by atoms with Crippen molar-refractivity contribution in [3.63, 3.8) is 0 Å². The van der Waals surface area contributed by atoms with E-state index in [2.05, 4.69) is 4.98 Å². The predicted molar refractivity (Wildman–Crippen MR) is 89.7 cm³/mol. The topological polar surface area (TPSA) is 51.7 Å². The number of anilines is 1. The Labute approximate surface area is 136 Å². The van der Waals surface area contributed by atoms with Gasteiger partial charge in [-0.15, -0.1) is 0 Å². The summed E-state index contributed by atoms with van der Waals surface area (Å²) in [6.45, 7) is 0.269. The molecule has 0 unspecified atom stereocenters. The highest BCUT2D eigenvalue weighted by Crippen LogP contribution is 2.14. The van der Waals surface area contributed by atoms with E-state index in [9.17, 15) is 4.79 Å². The van der Waals surface area contributed by atoms with Crippen LogP contribution in [0.3, 0.4) is 0 Å². The quantitative estimate of drug-likeness (QED) is 0.736. The normalized spacial score (nSPS) is 10.2. The van der Waals surface area contributed by atoms with E-state index in [1.54, 1.807) is 13.3 Å². The fourth-order valence-corrected chi connectivity index (χ4v) is 2.07. The van der Waals surface area contributed by atoms with Crippen LogP contribution in [-0.2, 0) is 22.6 Å². The van der Waals surface area contributed by atoms with Gasteiger partial charge < -0.3 is 14.4 Å². The van der Waals surface area contributed by atoms with Crippen molar-refractivity contribution in [3.8, 4) is 5.75 Å². The molecule has 0 saturated carbocycles. The maximum absolute atomic E-state index is 11.9. The average Bonchev–Trinajstić information content (AvgIpc) is 2.58. The number of nitrogens with zero attached hydrogens (tertiary/aromatic N) is 2. The van der Waals surface area contributed by atoms with Gasteiger partial charge in [0.15, 0.2) is 0 Å². The van der Waals surface area contributed by atoms with Crippen LogP contribution in [0.25, 0.3) is 0 Å². The number of carbonyl (C=O) groups is 1. The Morgan fingerprint density at radius 2 is 1.87 bits per heavy atom. The maximum atomic E-state index is 11.9. The third-order valence-corrected chi connectivity index (χ3v) is 3.44. The first-order valence-corrected chi connectivity index (χ1v) is 7.49. The summed E-state index contributed by atoms with van der Waals surface area (Å²) in [4.78, 5) is 18.0. The molecule has 0 saturated heterocycles. The van der Waals surface area contributed by atoms with Gasteiger partial charge in [-0.1, -0.05) is 12.1 Å². The highest BCUT2D eigenvalue weighted by Gasteiger charge is 2.06. The highest BCUT2D eigenvalue weighted by molar-refractivity contribution is 5.69. The van der Waals surface area contributed by atoms with Crippen molar-refractivity contribution in [1.82, 2.24) is 4.98 Å². The zero-order valence-electron chi connectivity index (χ0n) is 13.8. The number of hydrogen-bond acceptors (Lipinski definition) is 5. The van der Waals surface area contributed by atoms with Gasteiger partial charge in [-0.3, -0.25) is 4.79 Å². The van der Waals surface area contributed by atoms with E-state index in [1.807, 2.05) is 55.4 Å². The van der Waals surface area contributed by atoms with Gasteiger partial charge in [-0.05, 0) is 41.8 Å². The van der Waals surface area contributed by atoms with Crippen LogP contribution in [0.15, 0.2) is 42.6 Å². The van der Waals surface area contributed by atoms with Gasteiger partial charge in [0.1, 0.15) is 18.2 Å². The molecule has 1 heterocycles. The summed E-state index contributed by atoms with van der Waals surface area (Å²) in [6.07, 6.45) is 2.73. The number of rotatable bonds is 7. The van der Waals surface area contributed by atoms with Crippen LogP contribution in [0.2, 0.25) is 0 Å². The lowest BCUT2D eigenvalue weighted by molar-refractivity contribution is -0.144. The van der Waals surface area contributed by atoms with Crippen molar-refractivity contribution in [2.24, 2.45) is 0 Å². The number of aromatic nitrogens is 1. The third-order valence-electron chi connectivity index (χ3n) is 3.44. The van der Waals surface area contributed by atoms with E-state index < -0.39 is 0 Å². The minimum absolute atomic E-state index is 0.205. The number of benzene rings is 1. The molecule has 0 fully saturated rings. The second-order valence-corrected chi connectivity index (χ2v) is 5.43. The molecular formula is C18H22N2O3. The zero-order valence-corrected chi connectivity index (χ0v) is 13.8. The molecule has 2 rings (SSSR count). The summed E-state index contributed by atoms with van der Waals surface area (Å²) >= 11 is 0. The fraction of sp³-hybridized carbons (Fsp3) is 0.333. The van der Waals surface area contributed by atoms with Crippen LogP contribution in [0.4, 0.5) is 5.82 Å². The molecular weight excluding hydrogens is 292 g/mol. The Balaban J connectivity index is 1.79. The van der Waals surface area contributed by atoms with E-state index in [-0.39, 0.29) is 12.6 Å². The molecule has 0 bridgehead atoms. The number of aryl methyl sites for hydroxylation is 1. The van der Waals surface area contributed by atoms with Gasteiger partial charge in [-0.2, -0.15) is 0 Å². The van der Waals surface area contributed by atoms with E-state index in [0.717, 1.165) is 22.7 Å². The van der Waals surface area contributed by atoms with Gasteiger partial charge in [0, 0.05) is 26.7 Å². The molecule has 5 nitrogen and oxygen atoms in total. The number of pyridine rings is 1. The molecule has 0 aliphatic heterocycles. The van der Waals surface area contributed by atoms with Crippen molar-refractivity contribution < 1.29 is 14.3 Å². The standard InChI is InChI=1S/C18H22N2O3/c1-20(2)17-12-15(10-11-19-17)13-23-18(21)9-6-14-4-7-16(22-3)8-5-14/h4-5,7-8,10-12H,6,9,13H2,1-3H3. The van der Waals surface area contributed by atoms with Crippen LogP contribution in [-0.4, -0.2) is 32.2 Å². The fourth-order valence-electron chi connectivity index (χ4n) is 2.07. The van der Waals surface area contributed by atoms with Crippen LogP contribution >= 0.6 is 0 Å². The van der Waals surface area contributed by atoms with Gasteiger partial charge in [0.25, 0.3) is 0 Å². The Morgan fingerprint density at radius 3 is 2.52 bits per heavy atom. The van der Waals surface area contributed by atoms with Crippen molar-refractivity contribution >= 4 is 11.8 Å². The molecule has 0 N–H and O–H groups in total. The monoisotopic (exact) mass is 314 g/mol. The van der Waals surface area contributed by atoms with Crippen molar-refractivity contribution in [1.29, 1.82) is 0 Å². The van der Waals surface area contributed by atoms with E-state index in [1.165, 1.54) is 0 Å². The number of carbonyl (C=O) groups excluding carboxylic acids is 1. The SMILES string of the molecule is COc1ccc(CCC(=O)OCc2ccnc(N(C)C)c2)cc1. The Kier molecular flexibility index (Phi) is 5.97. The third kappa shape index (κ3) is 5.29. The molecule has 0 spiro atoms. The van der Waals surface area contributed by atoms with E-state index >= 15 is 0 Å². The summed E-state index contributed by atoms with van der Waals surface area (Å²) < 4.78 is 10.4. The predicted octanol–water partition coefficient (Wildman–Crippen LogP) is 2.83. The molecule has 1 aromatic heterocycles. The summed E-state index contributed by atoms with van der Waals surface area (Å²) in [5.41, 5.74) is 2.02. The first-order valence-electron chi connectivity index (χ1n) is 7.49. The number of esters is 1. The van der Waals surface area contributed by atoms with Gasteiger partial charge >= 0.3 is 5.97 Å². The molecule has 0 amide bonds. The second-order valence-electron chi connectivity index (χ2n) is 5.43. The minimum atomic E-state index is -0.205. The van der Waals surface area contributed by atoms with Crippen LogP contribution in [0.5, 0.6) is 5.75 Å². The Bertz CT molecular complexity index is 639. The number of hydrogen-bond donors (Lipinski definition) is 0. The summed E-state index contributed by atoms with van der Waals surface area (Å²) in [6, 6.07) is 11.5. The molecule has 0 aliphatic rings. The van der Waals surface area contributed by atoms with Gasteiger partial charge in [0.2, 0.25) is 0 Å². The molecule has 122 valence electrons. The molecule has 2 aromatic rings. The number of methoxy groups -OCH3 is 1. The lowest BCUT2D eigenvalue weighted by Crippen LogP contribution is -2.11. The Morgan fingerprint density at radius 1 is 1.13 bits per heavy atom. The largest absolute Gasteiger partial charge is 0.497 e. The lowest BCUT2D eigenvalue weighted by Gasteiger charge is -2.12. The summed E-state index contributed by atoms with van der Waals surface area (Å²) in [5.74, 6) is 1.45. The zero-order chi connectivity index (χ0) is 16.7. The molecule has 5 heteroatoms. The highest BCUT2D eigenvalue weighted by atomic mass is 16.5. The molecule has 0 aliphatic carbocycles. The molecule has 23 heavy (non-hydrogen) atoms. The Hall–Kier alpha value is -2.56. The number of ether oxygens (including phenoxy) is 2. The molecule has 0 radical (unpaired) electrons. The van der Waals surface area contributed by atoms with Crippen LogP contribution < -0.4 is 9.64 Å². The van der Waals surface area contributed by atoms with Gasteiger partial charge in [-0.25, -0.2) is 4.98 Å². The van der Waals surface area contributed by atoms with Crippen molar-refractivity contribution in [2.45, 2.75) is 19.4 Å². The van der Waals surface area contributed by atoms with Crippen molar-refractivity contribution in [3.05, 3.63) is 53.7 Å². The molecule has 0 atom stereocenters. The smallest absolute Gasteiger partial charge is 0.306 e. The summed E-state index contributed by atoms with van der Waals surface area (Å²) in [7, 11) is 5.48. The first-order chi connectivity index (χ1) is 11.1. The van der Waals surface area contributed by atoms with Crippen LogP contribution in [0, 0.1) is 0 Å².